The Kier molecular flexibility index (Phi) is 5.76. The molecule has 0 saturated heterocycles. The number of nitrogens with one attached hydrogen (secondary N) is 1. The third-order valence-electron chi connectivity index (χ3n) is 5.62. The first-order valence-corrected chi connectivity index (χ1v) is 10.3. The van der Waals surface area contributed by atoms with E-state index < -0.39 is 35.1 Å². The maximum Gasteiger partial charge on any atom is 0.309 e. The number of benzene rings is 1. The predicted octanol–water partition coefficient (Wildman–Crippen LogP) is 4.54. The molecule has 4 aromatic rings. The molecule has 34 heavy (non-hydrogen) atoms. The SMILES string of the molecule is COCC(C)(C)c1c(C(F)(F)CC(=O)O)c2nc3[nH]ncc3cc2n1-c1ccc(F)c(OC)c1. The van der Waals surface area contributed by atoms with Gasteiger partial charge in [0.2, 0.25) is 0 Å². The number of carbonyl (C=O) groups is 1. The highest BCUT2D eigenvalue weighted by Gasteiger charge is 2.45. The highest BCUT2D eigenvalue weighted by atomic mass is 19.3. The topological polar surface area (TPSA) is 102 Å². The van der Waals surface area contributed by atoms with Gasteiger partial charge >= 0.3 is 5.97 Å². The number of aliphatic carboxylic acids is 1. The summed E-state index contributed by atoms with van der Waals surface area (Å²) in [5.74, 6) is -6.13. The van der Waals surface area contributed by atoms with E-state index in [-0.39, 0.29) is 34.7 Å². The van der Waals surface area contributed by atoms with E-state index in [0.29, 0.717) is 11.1 Å². The van der Waals surface area contributed by atoms with Crippen LogP contribution >= 0.6 is 0 Å². The van der Waals surface area contributed by atoms with Crippen molar-refractivity contribution in [2.24, 2.45) is 0 Å². The van der Waals surface area contributed by atoms with Crippen LogP contribution < -0.4 is 4.74 Å². The Morgan fingerprint density at radius 1 is 1.24 bits per heavy atom. The maximum absolute atomic E-state index is 15.6. The van der Waals surface area contributed by atoms with Crippen LogP contribution in [0.1, 0.15) is 31.5 Å². The number of halogens is 3. The molecule has 3 heterocycles. The molecule has 0 aliphatic rings. The number of hydrogen-bond acceptors (Lipinski definition) is 5. The Morgan fingerprint density at radius 2 is 1.97 bits per heavy atom. The van der Waals surface area contributed by atoms with Crippen LogP contribution in [0.3, 0.4) is 0 Å². The van der Waals surface area contributed by atoms with E-state index in [1.54, 1.807) is 19.9 Å². The molecule has 0 spiro atoms. The minimum Gasteiger partial charge on any atom is -0.494 e. The molecule has 1 aromatic carbocycles. The molecule has 0 radical (unpaired) electrons. The van der Waals surface area contributed by atoms with Gasteiger partial charge < -0.3 is 19.1 Å². The van der Waals surface area contributed by atoms with Crippen LogP contribution in [0.5, 0.6) is 5.75 Å². The van der Waals surface area contributed by atoms with Crippen molar-refractivity contribution >= 4 is 28.0 Å². The second kappa shape index (κ2) is 8.32. The zero-order valence-corrected chi connectivity index (χ0v) is 18.9. The summed E-state index contributed by atoms with van der Waals surface area (Å²) in [5.41, 5.74) is -0.675. The van der Waals surface area contributed by atoms with Crippen LogP contribution in [-0.4, -0.2) is 51.7 Å². The average Bonchev–Trinajstić information content (AvgIpc) is 3.34. The zero-order valence-electron chi connectivity index (χ0n) is 18.9. The number of carboxylic acids is 1. The second-order valence-corrected chi connectivity index (χ2v) is 8.63. The number of alkyl halides is 2. The number of H-pyrrole nitrogens is 1. The number of pyridine rings is 1. The standard InChI is InChI=1S/C23H23F3N4O4/c1-22(2,11-33-3)20-18(23(25,26)9-17(31)32)19-15(7-12-10-27-29-21(12)28-19)30(20)13-5-6-14(24)16(8-13)34-4/h5-8,10H,9,11H2,1-4H3,(H,31,32)(H,27,28,29). The minimum atomic E-state index is -3.78. The smallest absolute Gasteiger partial charge is 0.309 e. The fourth-order valence-electron chi connectivity index (χ4n) is 4.32. The minimum absolute atomic E-state index is 0.0389. The summed E-state index contributed by atoms with van der Waals surface area (Å²) in [5, 5.41) is 16.4. The Bertz CT molecular complexity index is 1390. The molecule has 0 saturated carbocycles. The Hall–Kier alpha value is -3.60. The summed E-state index contributed by atoms with van der Waals surface area (Å²) < 4.78 is 57.5. The van der Waals surface area contributed by atoms with Gasteiger partial charge in [-0.2, -0.15) is 5.10 Å². The zero-order chi connectivity index (χ0) is 24.8. The molecule has 3 aromatic heterocycles. The summed E-state index contributed by atoms with van der Waals surface area (Å²) in [6.07, 6.45) is 0.0665. The number of rotatable bonds is 8. The van der Waals surface area contributed by atoms with Gasteiger partial charge in [0.25, 0.3) is 5.92 Å². The van der Waals surface area contributed by atoms with Gasteiger partial charge in [0, 0.05) is 35.4 Å². The molecule has 0 atom stereocenters. The van der Waals surface area contributed by atoms with E-state index in [4.69, 9.17) is 9.47 Å². The predicted molar refractivity (Wildman–Crippen MR) is 118 cm³/mol. The summed E-state index contributed by atoms with van der Waals surface area (Å²) >= 11 is 0. The molecule has 0 bridgehead atoms. The molecule has 8 nitrogen and oxygen atoms in total. The lowest BCUT2D eigenvalue weighted by molar-refractivity contribution is -0.145. The van der Waals surface area contributed by atoms with Crippen LogP contribution in [0.25, 0.3) is 27.8 Å². The van der Waals surface area contributed by atoms with Crippen molar-refractivity contribution in [1.82, 2.24) is 19.7 Å². The first-order chi connectivity index (χ1) is 16.0. The Morgan fingerprint density at radius 3 is 2.62 bits per heavy atom. The van der Waals surface area contributed by atoms with Crippen molar-refractivity contribution < 1.29 is 32.5 Å². The molecule has 2 N–H and O–H groups in total. The molecule has 0 unspecified atom stereocenters. The van der Waals surface area contributed by atoms with Crippen molar-refractivity contribution in [3.8, 4) is 11.4 Å². The molecule has 0 amide bonds. The number of carboxylic acid groups (broad SMARTS) is 1. The fraction of sp³-hybridized carbons (Fsp3) is 0.348. The third kappa shape index (κ3) is 3.85. The second-order valence-electron chi connectivity index (χ2n) is 8.63. The van der Waals surface area contributed by atoms with E-state index in [1.807, 2.05) is 0 Å². The van der Waals surface area contributed by atoms with Gasteiger partial charge in [-0.25, -0.2) is 18.2 Å². The number of aromatic nitrogens is 4. The maximum atomic E-state index is 15.6. The number of nitrogens with zero attached hydrogens (tertiary/aromatic N) is 3. The van der Waals surface area contributed by atoms with Crippen molar-refractivity contribution in [3.63, 3.8) is 0 Å². The third-order valence-corrected chi connectivity index (χ3v) is 5.62. The Balaban J connectivity index is 2.21. The van der Waals surface area contributed by atoms with E-state index in [0.717, 1.165) is 0 Å². The van der Waals surface area contributed by atoms with Crippen molar-refractivity contribution in [2.45, 2.75) is 31.6 Å². The molecule has 180 valence electrons. The lowest BCUT2D eigenvalue weighted by Crippen LogP contribution is -2.31. The Labute approximate surface area is 192 Å². The molecule has 11 heteroatoms. The first-order valence-electron chi connectivity index (χ1n) is 10.3. The number of methoxy groups -OCH3 is 2. The summed E-state index contributed by atoms with van der Waals surface area (Å²) in [4.78, 5) is 15.8. The van der Waals surface area contributed by atoms with Crippen molar-refractivity contribution in [3.05, 3.63) is 47.5 Å². The lowest BCUT2D eigenvalue weighted by Gasteiger charge is -2.29. The molecule has 0 aliphatic heterocycles. The number of ether oxygens (including phenoxy) is 2. The van der Waals surface area contributed by atoms with Crippen LogP contribution in [0, 0.1) is 5.82 Å². The summed E-state index contributed by atoms with van der Waals surface area (Å²) in [6.45, 7) is 3.45. The van der Waals surface area contributed by atoms with Crippen molar-refractivity contribution in [2.75, 3.05) is 20.8 Å². The fourth-order valence-corrected chi connectivity index (χ4v) is 4.32. The van der Waals surface area contributed by atoms with E-state index in [2.05, 4.69) is 15.2 Å². The van der Waals surface area contributed by atoms with Gasteiger partial charge in [-0.15, -0.1) is 0 Å². The van der Waals surface area contributed by atoms with E-state index in [1.165, 1.54) is 43.2 Å². The van der Waals surface area contributed by atoms with Crippen LogP contribution in [0.15, 0.2) is 30.5 Å². The monoisotopic (exact) mass is 476 g/mol. The van der Waals surface area contributed by atoms with Gasteiger partial charge in [-0.1, -0.05) is 13.8 Å². The summed E-state index contributed by atoms with van der Waals surface area (Å²) in [7, 11) is 2.74. The average molecular weight is 476 g/mol. The number of aromatic amines is 1. The van der Waals surface area contributed by atoms with E-state index >= 15 is 8.78 Å². The molecule has 0 aliphatic carbocycles. The normalized spacial score (nSPS) is 12.6. The molecule has 4 rings (SSSR count). The number of fused-ring (bicyclic) bond motifs is 2. The van der Waals surface area contributed by atoms with Gasteiger partial charge in [0.15, 0.2) is 17.2 Å². The van der Waals surface area contributed by atoms with Gasteiger partial charge in [0.05, 0.1) is 31.0 Å². The van der Waals surface area contributed by atoms with Crippen LogP contribution in [0.2, 0.25) is 0 Å². The van der Waals surface area contributed by atoms with Crippen LogP contribution in [-0.2, 0) is 20.9 Å². The van der Waals surface area contributed by atoms with Gasteiger partial charge in [-0.05, 0) is 18.2 Å². The van der Waals surface area contributed by atoms with E-state index in [9.17, 15) is 14.3 Å². The lowest BCUT2D eigenvalue weighted by atomic mass is 9.85. The van der Waals surface area contributed by atoms with Gasteiger partial charge in [0.1, 0.15) is 11.9 Å². The highest BCUT2D eigenvalue weighted by Crippen LogP contribution is 2.46. The van der Waals surface area contributed by atoms with Crippen molar-refractivity contribution in [1.29, 1.82) is 0 Å². The summed E-state index contributed by atoms with van der Waals surface area (Å²) in [6, 6.07) is 5.62. The molecule has 0 fully saturated rings. The number of hydrogen-bond donors (Lipinski definition) is 2. The first kappa shape index (κ1) is 23.6. The highest BCUT2D eigenvalue weighted by molar-refractivity contribution is 5.94. The quantitative estimate of drug-likeness (QED) is 0.387. The van der Waals surface area contributed by atoms with Crippen LogP contribution in [0.4, 0.5) is 13.2 Å². The van der Waals surface area contributed by atoms with Gasteiger partial charge in [-0.3, -0.25) is 9.89 Å². The molecular weight excluding hydrogens is 453 g/mol. The largest absolute Gasteiger partial charge is 0.494 e. The molecular formula is C23H23F3N4O4.